The lowest BCUT2D eigenvalue weighted by Gasteiger charge is -2.13. The van der Waals surface area contributed by atoms with E-state index in [9.17, 15) is 19.2 Å². The predicted octanol–water partition coefficient (Wildman–Crippen LogP) is 3.66. The maximum absolute atomic E-state index is 12.3. The molecular formula is C23H24N2O5. The van der Waals surface area contributed by atoms with Crippen molar-refractivity contribution in [1.29, 1.82) is 0 Å². The molecule has 0 bridgehead atoms. The molecule has 0 saturated heterocycles. The van der Waals surface area contributed by atoms with Gasteiger partial charge in [0.2, 0.25) is 5.91 Å². The van der Waals surface area contributed by atoms with Gasteiger partial charge in [-0.3, -0.25) is 19.3 Å². The van der Waals surface area contributed by atoms with Crippen molar-refractivity contribution in [3.8, 4) is 0 Å². The monoisotopic (exact) mass is 408 g/mol. The van der Waals surface area contributed by atoms with Crippen LogP contribution in [0.15, 0.2) is 48.5 Å². The molecule has 7 nitrogen and oxygen atoms in total. The summed E-state index contributed by atoms with van der Waals surface area (Å²) in [7, 11) is 0. The van der Waals surface area contributed by atoms with Gasteiger partial charge in [0, 0.05) is 5.69 Å². The van der Waals surface area contributed by atoms with E-state index in [0.717, 1.165) is 30.6 Å². The fourth-order valence-electron chi connectivity index (χ4n) is 3.19. The summed E-state index contributed by atoms with van der Waals surface area (Å²) in [6.07, 6.45) is 4.11. The molecule has 7 heteroatoms. The van der Waals surface area contributed by atoms with Crippen molar-refractivity contribution in [2.75, 3.05) is 18.5 Å². The van der Waals surface area contributed by atoms with Crippen molar-refractivity contribution in [3.63, 3.8) is 0 Å². The summed E-state index contributed by atoms with van der Waals surface area (Å²) in [5.74, 6) is -1.88. The second kappa shape index (κ2) is 9.82. The minimum atomic E-state index is -0.504. The number of hydrogen-bond donors (Lipinski definition) is 1. The molecule has 0 aliphatic carbocycles. The molecule has 0 radical (unpaired) electrons. The first kappa shape index (κ1) is 21.2. The number of imide groups is 1. The zero-order valence-corrected chi connectivity index (χ0v) is 16.8. The van der Waals surface area contributed by atoms with Crippen molar-refractivity contribution in [1.82, 2.24) is 4.90 Å². The van der Waals surface area contributed by atoms with Crippen LogP contribution in [0.2, 0.25) is 0 Å². The Kier molecular flexibility index (Phi) is 6.95. The van der Waals surface area contributed by atoms with E-state index < -0.39 is 23.7 Å². The molecule has 0 unspecified atom stereocenters. The molecule has 1 heterocycles. The van der Waals surface area contributed by atoms with E-state index in [1.54, 1.807) is 48.5 Å². The number of fused-ring (bicyclic) bond motifs is 1. The summed E-state index contributed by atoms with van der Waals surface area (Å²) in [5, 5.41) is 2.63. The van der Waals surface area contributed by atoms with Gasteiger partial charge in [0.05, 0.1) is 23.3 Å². The van der Waals surface area contributed by atoms with Gasteiger partial charge in [-0.15, -0.1) is 0 Å². The average molecular weight is 408 g/mol. The number of ether oxygens (including phenoxy) is 1. The zero-order chi connectivity index (χ0) is 21.5. The second-order valence-corrected chi connectivity index (χ2v) is 7.06. The Morgan fingerprint density at radius 2 is 1.53 bits per heavy atom. The number of nitrogens with zero attached hydrogens (tertiary/aromatic N) is 1. The number of esters is 1. The van der Waals surface area contributed by atoms with Crippen molar-refractivity contribution >= 4 is 29.4 Å². The molecule has 0 saturated carbocycles. The molecule has 1 aliphatic rings. The van der Waals surface area contributed by atoms with Crippen LogP contribution in [0.1, 0.15) is 63.7 Å². The lowest BCUT2D eigenvalue weighted by atomic mass is 10.1. The molecule has 3 amide bonds. The summed E-state index contributed by atoms with van der Waals surface area (Å²) in [6.45, 7) is 2.12. The van der Waals surface area contributed by atoms with Crippen LogP contribution < -0.4 is 5.32 Å². The largest absolute Gasteiger partial charge is 0.462 e. The van der Waals surface area contributed by atoms with Crippen LogP contribution in [-0.2, 0) is 9.53 Å². The molecule has 0 atom stereocenters. The van der Waals surface area contributed by atoms with Gasteiger partial charge >= 0.3 is 5.97 Å². The first-order valence-electron chi connectivity index (χ1n) is 10.0. The van der Waals surface area contributed by atoms with Crippen molar-refractivity contribution in [2.45, 2.75) is 32.6 Å². The molecule has 156 valence electrons. The van der Waals surface area contributed by atoms with Crippen molar-refractivity contribution in [2.24, 2.45) is 0 Å². The van der Waals surface area contributed by atoms with E-state index in [1.807, 2.05) is 0 Å². The topological polar surface area (TPSA) is 92.8 Å². The summed E-state index contributed by atoms with van der Waals surface area (Å²) < 4.78 is 5.23. The van der Waals surface area contributed by atoms with Crippen LogP contribution in [0, 0.1) is 0 Å². The number of hydrogen-bond acceptors (Lipinski definition) is 5. The predicted molar refractivity (Wildman–Crippen MR) is 111 cm³/mol. The number of carbonyl (C=O) groups excluding carboxylic acids is 4. The lowest BCUT2D eigenvalue weighted by Crippen LogP contribution is -2.37. The third-order valence-electron chi connectivity index (χ3n) is 4.82. The molecule has 0 spiro atoms. The van der Waals surface area contributed by atoms with E-state index in [1.165, 1.54) is 0 Å². The van der Waals surface area contributed by atoms with E-state index in [4.69, 9.17) is 4.74 Å². The van der Waals surface area contributed by atoms with Crippen molar-refractivity contribution in [3.05, 3.63) is 65.2 Å². The average Bonchev–Trinajstić information content (AvgIpc) is 2.99. The van der Waals surface area contributed by atoms with Gasteiger partial charge in [-0.05, 0) is 42.8 Å². The quantitative estimate of drug-likeness (QED) is 0.388. The minimum absolute atomic E-state index is 0.299. The van der Waals surface area contributed by atoms with Gasteiger partial charge in [-0.25, -0.2) is 4.79 Å². The molecule has 30 heavy (non-hydrogen) atoms. The highest BCUT2D eigenvalue weighted by Gasteiger charge is 2.36. The van der Waals surface area contributed by atoms with Gasteiger partial charge in [0.15, 0.2) is 0 Å². The van der Waals surface area contributed by atoms with Gasteiger partial charge in [0.25, 0.3) is 11.8 Å². The molecule has 2 aromatic carbocycles. The molecule has 1 aliphatic heterocycles. The van der Waals surface area contributed by atoms with Crippen molar-refractivity contribution < 1.29 is 23.9 Å². The summed E-state index contributed by atoms with van der Waals surface area (Å²) >= 11 is 0. The maximum atomic E-state index is 12.3. The second-order valence-electron chi connectivity index (χ2n) is 7.06. The molecule has 0 fully saturated rings. The Morgan fingerprint density at radius 1 is 0.900 bits per heavy atom. The number of amides is 3. The molecule has 2 aromatic rings. The van der Waals surface area contributed by atoms with Crippen LogP contribution in [0.4, 0.5) is 5.69 Å². The fraction of sp³-hybridized carbons (Fsp3) is 0.304. The van der Waals surface area contributed by atoms with E-state index in [2.05, 4.69) is 12.2 Å². The number of unbranched alkanes of at least 4 members (excludes halogenated alkanes) is 3. The standard InChI is InChI=1S/C23H24N2O5/c1-2-3-4-7-14-30-23(29)16-10-12-17(13-11-16)24-20(26)15-25-21(27)18-8-5-6-9-19(18)22(25)28/h5-6,8-13H,2-4,7,14-15H2,1H3,(H,24,26). The molecule has 1 N–H and O–H groups in total. The number of benzene rings is 2. The van der Waals surface area contributed by atoms with E-state index in [-0.39, 0.29) is 6.54 Å². The third-order valence-corrected chi connectivity index (χ3v) is 4.82. The Bertz CT molecular complexity index is 917. The Balaban J connectivity index is 1.51. The highest BCUT2D eigenvalue weighted by Crippen LogP contribution is 2.22. The van der Waals surface area contributed by atoms with Gasteiger partial charge in [-0.2, -0.15) is 0 Å². The number of carbonyl (C=O) groups is 4. The van der Waals surface area contributed by atoms with Crippen LogP contribution in [0.25, 0.3) is 0 Å². The summed E-state index contributed by atoms with van der Waals surface area (Å²) in [5.41, 5.74) is 1.45. The van der Waals surface area contributed by atoms with E-state index in [0.29, 0.717) is 29.0 Å². The highest BCUT2D eigenvalue weighted by atomic mass is 16.5. The first-order valence-corrected chi connectivity index (χ1v) is 10.0. The van der Waals surface area contributed by atoms with Crippen LogP contribution in [0.3, 0.4) is 0 Å². The van der Waals surface area contributed by atoms with Gasteiger partial charge in [-0.1, -0.05) is 38.3 Å². The normalized spacial score (nSPS) is 12.6. The Labute approximate surface area is 175 Å². The van der Waals surface area contributed by atoms with Gasteiger partial charge < -0.3 is 10.1 Å². The number of anilines is 1. The first-order chi connectivity index (χ1) is 14.5. The molecule has 0 aromatic heterocycles. The van der Waals surface area contributed by atoms with Crippen LogP contribution >= 0.6 is 0 Å². The Morgan fingerprint density at radius 3 is 2.13 bits per heavy atom. The number of rotatable bonds is 9. The minimum Gasteiger partial charge on any atom is -0.462 e. The van der Waals surface area contributed by atoms with Crippen LogP contribution in [-0.4, -0.2) is 41.7 Å². The fourth-order valence-corrected chi connectivity index (χ4v) is 3.19. The SMILES string of the molecule is CCCCCCOC(=O)c1ccc(NC(=O)CN2C(=O)c3ccccc3C2=O)cc1. The Hall–Kier alpha value is -3.48. The molecular weight excluding hydrogens is 384 g/mol. The number of nitrogens with one attached hydrogen (secondary N) is 1. The summed E-state index contributed by atoms with van der Waals surface area (Å²) in [4.78, 5) is 49.9. The van der Waals surface area contributed by atoms with Gasteiger partial charge in [0.1, 0.15) is 6.54 Å². The third kappa shape index (κ3) is 4.92. The highest BCUT2D eigenvalue weighted by molar-refractivity contribution is 6.22. The maximum Gasteiger partial charge on any atom is 0.338 e. The molecule has 3 rings (SSSR count). The van der Waals surface area contributed by atoms with Crippen LogP contribution in [0.5, 0.6) is 0 Å². The summed E-state index contributed by atoms with van der Waals surface area (Å²) in [6, 6.07) is 12.8. The van der Waals surface area contributed by atoms with E-state index >= 15 is 0 Å². The lowest BCUT2D eigenvalue weighted by molar-refractivity contribution is -0.116. The zero-order valence-electron chi connectivity index (χ0n) is 16.8. The smallest absolute Gasteiger partial charge is 0.338 e.